The first-order valence-corrected chi connectivity index (χ1v) is 8.70. The number of piperidine rings is 1. The Bertz CT molecular complexity index is 564. The van der Waals surface area contributed by atoms with Gasteiger partial charge in [0.05, 0.1) is 4.90 Å². The topological polar surface area (TPSA) is 75.4 Å². The zero-order chi connectivity index (χ0) is 15.5. The van der Waals surface area contributed by atoms with Crippen LogP contribution in [-0.4, -0.2) is 39.0 Å². The van der Waals surface area contributed by atoms with Gasteiger partial charge in [0.1, 0.15) is 5.82 Å². The van der Waals surface area contributed by atoms with Crippen LogP contribution in [0.3, 0.4) is 0 Å². The Morgan fingerprint density at radius 3 is 2.57 bits per heavy atom. The maximum absolute atomic E-state index is 13.3. The molecule has 0 spiro atoms. The molecule has 1 aliphatic rings. The first kappa shape index (κ1) is 16.2. The van der Waals surface area contributed by atoms with Gasteiger partial charge < -0.3 is 10.6 Å². The third kappa shape index (κ3) is 4.39. The molecule has 5 nitrogen and oxygen atoms in total. The number of nitrogens with one attached hydrogen (secondary N) is 1. The average Bonchev–Trinajstić information content (AvgIpc) is 2.40. The van der Waals surface area contributed by atoms with Crippen LogP contribution in [0.15, 0.2) is 23.1 Å². The van der Waals surface area contributed by atoms with E-state index in [1.807, 2.05) is 0 Å². The highest BCUT2D eigenvalue weighted by Gasteiger charge is 2.24. The fraction of sp³-hybridized carbons (Fsp3) is 0.571. The van der Waals surface area contributed by atoms with Gasteiger partial charge in [0.15, 0.2) is 0 Å². The molecule has 3 N–H and O–H groups in total. The van der Waals surface area contributed by atoms with Crippen molar-refractivity contribution in [1.29, 1.82) is 0 Å². The van der Waals surface area contributed by atoms with Crippen LogP contribution in [-0.2, 0) is 10.0 Å². The largest absolute Gasteiger partial charge is 0.399 e. The zero-order valence-corrected chi connectivity index (χ0v) is 13.0. The number of halogens is 1. The number of benzene rings is 1. The van der Waals surface area contributed by atoms with E-state index in [4.69, 9.17) is 5.73 Å². The molecule has 0 bridgehead atoms. The van der Waals surface area contributed by atoms with Gasteiger partial charge in [0.25, 0.3) is 0 Å². The molecule has 0 atom stereocenters. The summed E-state index contributed by atoms with van der Waals surface area (Å²) in [4.78, 5) is 2.21. The van der Waals surface area contributed by atoms with Crippen molar-refractivity contribution < 1.29 is 12.8 Å². The van der Waals surface area contributed by atoms with E-state index < -0.39 is 15.8 Å². The quantitative estimate of drug-likeness (QED) is 0.809. The Morgan fingerprint density at radius 1 is 1.33 bits per heavy atom. The van der Waals surface area contributed by atoms with E-state index in [1.165, 1.54) is 6.07 Å². The molecule has 1 fully saturated rings. The van der Waals surface area contributed by atoms with Crippen LogP contribution in [0.4, 0.5) is 10.1 Å². The van der Waals surface area contributed by atoms with Crippen molar-refractivity contribution in [1.82, 2.24) is 9.62 Å². The summed E-state index contributed by atoms with van der Waals surface area (Å²) in [6, 6.07) is 3.26. The lowest BCUT2D eigenvalue weighted by Gasteiger charge is -2.31. The van der Waals surface area contributed by atoms with Gasteiger partial charge in [-0.15, -0.1) is 0 Å². The molecule has 2 rings (SSSR count). The molecular weight excluding hydrogens is 293 g/mol. The molecule has 1 aromatic rings. The minimum Gasteiger partial charge on any atom is -0.399 e. The molecule has 0 amide bonds. The van der Waals surface area contributed by atoms with Crippen LogP contribution >= 0.6 is 0 Å². The minimum absolute atomic E-state index is 0.104. The highest BCUT2D eigenvalue weighted by atomic mass is 32.2. The molecule has 1 saturated heterocycles. The highest BCUT2D eigenvalue weighted by molar-refractivity contribution is 7.89. The molecule has 7 heteroatoms. The van der Waals surface area contributed by atoms with Crippen LogP contribution in [0.2, 0.25) is 0 Å². The lowest BCUT2D eigenvalue weighted by atomic mass is 10.1. The van der Waals surface area contributed by atoms with Crippen molar-refractivity contribution in [3.8, 4) is 0 Å². The molecule has 1 aromatic carbocycles. The first-order chi connectivity index (χ1) is 9.90. The maximum atomic E-state index is 13.3. The van der Waals surface area contributed by atoms with Gasteiger partial charge in [0.2, 0.25) is 10.0 Å². The molecule has 21 heavy (non-hydrogen) atoms. The Kier molecular flexibility index (Phi) is 5.18. The molecule has 0 aliphatic carbocycles. The Labute approximate surface area is 125 Å². The second-order valence-corrected chi connectivity index (χ2v) is 7.17. The SMILES string of the molecule is CCCN1CCC(NS(=O)(=O)c2cc(N)cc(F)c2)CC1. The summed E-state index contributed by atoms with van der Waals surface area (Å²) in [5.41, 5.74) is 5.61. The summed E-state index contributed by atoms with van der Waals surface area (Å²) in [5.74, 6) is -0.645. The number of nitrogens with zero attached hydrogens (tertiary/aromatic N) is 1. The summed E-state index contributed by atoms with van der Waals surface area (Å²) >= 11 is 0. The Balaban J connectivity index is 2.02. The number of rotatable bonds is 5. The van der Waals surface area contributed by atoms with Gasteiger partial charge in [0, 0.05) is 11.7 Å². The van der Waals surface area contributed by atoms with E-state index >= 15 is 0 Å². The molecule has 1 aliphatic heterocycles. The number of likely N-dealkylation sites (tertiary alicyclic amines) is 1. The van der Waals surface area contributed by atoms with Crippen LogP contribution in [0.1, 0.15) is 26.2 Å². The standard InChI is InChI=1S/C14H22FN3O2S/c1-2-5-18-6-3-13(4-7-18)17-21(19,20)14-9-11(15)8-12(16)10-14/h8-10,13,17H,2-7,16H2,1H3. The van der Waals surface area contributed by atoms with E-state index in [1.54, 1.807) is 0 Å². The summed E-state index contributed by atoms with van der Waals surface area (Å²) < 4.78 is 40.5. The van der Waals surface area contributed by atoms with E-state index in [-0.39, 0.29) is 16.6 Å². The van der Waals surface area contributed by atoms with Crippen LogP contribution in [0, 0.1) is 5.82 Å². The maximum Gasteiger partial charge on any atom is 0.240 e. The van der Waals surface area contributed by atoms with Gasteiger partial charge >= 0.3 is 0 Å². The molecular formula is C14H22FN3O2S. The normalized spacial score (nSPS) is 18.0. The van der Waals surface area contributed by atoms with Gasteiger partial charge in [-0.25, -0.2) is 17.5 Å². The molecule has 0 unspecified atom stereocenters. The van der Waals surface area contributed by atoms with E-state index in [2.05, 4.69) is 16.5 Å². The molecule has 1 heterocycles. The molecule has 0 aromatic heterocycles. The minimum atomic E-state index is -3.72. The molecule has 118 valence electrons. The zero-order valence-electron chi connectivity index (χ0n) is 12.2. The summed E-state index contributed by atoms with van der Waals surface area (Å²) in [6.07, 6.45) is 2.63. The summed E-state index contributed by atoms with van der Waals surface area (Å²) in [6.45, 7) is 4.93. The van der Waals surface area contributed by atoms with Crippen molar-refractivity contribution >= 4 is 15.7 Å². The third-order valence-corrected chi connectivity index (χ3v) is 5.15. The van der Waals surface area contributed by atoms with Gasteiger partial charge in [-0.05, 0) is 57.1 Å². The van der Waals surface area contributed by atoms with Crippen molar-refractivity contribution in [2.45, 2.75) is 37.1 Å². The number of hydrogen-bond acceptors (Lipinski definition) is 4. The fourth-order valence-corrected chi connectivity index (χ4v) is 3.99. The number of sulfonamides is 1. The van der Waals surface area contributed by atoms with E-state index in [0.717, 1.165) is 51.0 Å². The second kappa shape index (κ2) is 6.72. The van der Waals surface area contributed by atoms with Crippen molar-refractivity contribution in [2.24, 2.45) is 0 Å². The first-order valence-electron chi connectivity index (χ1n) is 7.21. The van der Waals surface area contributed by atoms with Gasteiger partial charge in [-0.1, -0.05) is 6.92 Å². The Hall–Kier alpha value is -1.18. The van der Waals surface area contributed by atoms with Crippen molar-refractivity contribution in [3.05, 3.63) is 24.0 Å². The van der Waals surface area contributed by atoms with Crippen LogP contribution in [0.25, 0.3) is 0 Å². The van der Waals surface area contributed by atoms with Crippen LogP contribution < -0.4 is 10.5 Å². The lowest BCUT2D eigenvalue weighted by molar-refractivity contribution is 0.208. The summed E-state index contributed by atoms with van der Waals surface area (Å²) in [7, 11) is -3.72. The Morgan fingerprint density at radius 2 is 2.00 bits per heavy atom. The molecule has 0 radical (unpaired) electrons. The van der Waals surface area contributed by atoms with E-state index in [0.29, 0.717) is 0 Å². The lowest BCUT2D eigenvalue weighted by Crippen LogP contribution is -2.44. The smallest absolute Gasteiger partial charge is 0.240 e. The van der Waals surface area contributed by atoms with Crippen molar-refractivity contribution in [3.63, 3.8) is 0 Å². The predicted molar refractivity (Wildman–Crippen MR) is 80.9 cm³/mol. The average molecular weight is 315 g/mol. The number of anilines is 1. The highest BCUT2D eigenvalue weighted by Crippen LogP contribution is 2.18. The number of nitrogen functional groups attached to an aromatic ring is 1. The van der Waals surface area contributed by atoms with E-state index in [9.17, 15) is 12.8 Å². The van der Waals surface area contributed by atoms with Gasteiger partial charge in [-0.2, -0.15) is 0 Å². The van der Waals surface area contributed by atoms with Crippen LogP contribution in [0.5, 0.6) is 0 Å². The third-order valence-electron chi connectivity index (χ3n) is 3.65. The summed E-state index contributed by atoms with van der Waals surface area (Å²) in [5, 5.41) is 0. The second-order valence-electron chi connectivity index (χ2n) is 5.46. The number of nitrogens with two attached hydrogens (primary N) is 1. The monoisotopic (exact) mass is 315 g/mol. The predicted octanol–water partition coefficient (Wildman–Crippen LogP) is 1.56. The fourth-order valence-electron chi connectivity index (χ4n) is 2.62. The van der Waals surface area contributed by atoms with Gasteiger partial charge in [-0.3, -0.25) is 0 Å². The van der Waals surface area contributed by atoms with Crippen molar-refractivity contribution in [2.75, 3.05) is 25.4 Å². The number of hydrogen-bond donors (Lipinski definition) is 2. The molecule has 0 saturated carbocycles.